The third-order valence-electron chi connectivity index (χ3n) is 4.15. The van der Waals surface area contributed by atoms with Crippen LogP contribution in [0.25, 0.3) is 10.9 Å². The van der Waals surface area contributed by atoms with E-state index in [1.54, 1.807) is 5.56 Å². The Morgan fingerprint density at radius 2 is 2.16 bits per heavy atom. The van der Waals surface area contributed by atoms with Crippen LogP contribution >= 0.6 is 15.9 Å². The highest BCUT2D eigenvalue weighted by molar-refractivity contribution is 9.10. The standard InChI is InChI=1S/C16H21BrN2/c1-10(2)18-12-5-7-15-14(9-12)13-6-4-11(17)8-16(13)19(15)3/h4,6,8,10,12,18H,5,7,9H2,1-3H3. The summed E-state index contributed by atoms with van der Waals surface area (Å²) >= 11 is 3.58. The molecule has 1 aliphatic carbocycles. The van der Waals surface area contributed by atoms with Crippen LogP contribution in [0.5, 0.6) is 0 Å². The molecule has 1 unspecified atom stereocenters. The van der Waals surface area contributed by atoms with Gasteiger partial charge >= 0.3 is 0 Å². The van der Waals surface area contributed by atoms with Crippen LogP contribution in [-0.2, 0) is 19.9 Å². The molecule has 1 heterocycles. The maximum absolute atomic E-state index is 3.69. The Morgan fingerprint density at radius 3 is 2.89 bits per heavy atom. The van der Waals surface area contributed by atoms with Gasteiger partial charge in [-0.1, -0.05) is 35.8 Å². The van der Waals surface area contributed by atoms with Crippen molar-refractivity contribution < 1.29 is 0 Å². The van der Waals surface area contributed by atoms with E-state index in [0.717, 1.165) is 10.9 Å². The van der Waals surface area contributed by atoms with Crippen LogP contribution < -0.4 is 5.32 Å². The third-order valence-corrected chi connectivity index (χ3v) is 4.64. The number of hydrogen-bond acceptors (Lipinski definition) is 1. The Labute approximate surface area is 123 Å². The van der Waals surface area contributed by atoms with Gasteiger partial charge < -0.3 is 9.88 Å². The van der Waals surface area contributed by atoms with Gasteiger partial charge in [0, 0.05) is 40.2 Å². The average molecular weight is 321 g/mol. The van der Waals surface area contributed by atoms with E-state index in [4.69, 9.17) is 0 Å². The first kappa shape index (κ1) is 13.2. The van der Waals surface area contributed by atoms with Crippen LogP contribution in [0, 0.1) is 0 Å². The minimum Gasteiger partial charge on any atom is -0.347 e. The molecule has 0 saturated carbocycles. The van der Waals surface area contributed by atoms with E-state index in [-0.39, 0.29) is 0 Å². The van der Waals surface area contributed by atoms with Gasteiger partial charge in [-0.05, 0) is 37.0 Å². The Hall–Kier alpha value is -0.800. The number of halogens is 1. The zero-order chi connectivity index (χ0) is 13.6. The van der Waals surface area contributed by atoms with Gasteiger partial charge in [0.05, 0.1) is 0 Å². The van der Waals surface area contributed by atoms with E-state index in [0.29, 0.717) is 12.1 Å². The molecular formula is C16H21BrN2. The highest BCUT2D eigenvalue weighted by Gasteiger charge is 2.24. The van der Waals surface area contributed by atoms with Crippen molar-refractivity contribution in [3.05, 3.63) is 33.9 Å². The van der Waals surface area contributed by atoms with Crippen molar-refractivity contribution >= 4 is 26.8 Å². The van der Waals surface area contributed by atoms with Gasteiger partial charge in [0.2, 0.25) is 0 Å². The summed E-state index contributed by atoms with van der Waals surface area (Å²) in [6.45, 7) is 4.46. The van der Waals surface area contributed by atoms with Crippen molar-refractivity contribution in [2.75, 3.05) is 0 Å². The van der Waals surface area contributed by atoms with E-state index in [2.05, 4.69) is 64.9 Å². The largest absolute Gasteiger partial charge is 0.347 e. The van der Waals surface area contributed by atoms with E-state index >= 15 is 0 Å². The lowest BCUT2D eigenvalue weighted by Crippen LogP contribution is -2.38. The van der Waals surface area contributed by atoms with Crippen molar-refractivity contribution in [2.45, 2.75) is 45.2 Å². The van der Waals surface area contributed by atoms with Crippen molar-refractivity contribution in [2.24, 2.45) is 7.05 Å². The summed E-state index contributed by atoms with van der Waals surface area (Å²) in [6, 6.07) is 7.84. The van der Waals surface area contributed by atoms with Crippen molar-refractivity contribution in [3.63, 3.8) is 0 Å². The average Bonchev–Trinajstić information content (AvgIpc) is 2.62. The van der Waals surface area contributed by atoms with Gasteiger partial charge in [0.1, 0.15) is 0 Å². The van der Waals surface area contributed by atoms with E-state index < -0.39 is 0 Å². The molecule has 1 atom stereocenters. The Bertz CT molecular complexity index is 613. The molecule has 0 bridgehead atoms. The number of nitrogens with zero attached hydrogens (tertiary/aromatic N) is 1. The molecule has 1 N–H and O–H groups in total. The van der Waals surface area contributed by atoms with Gasteiger partial charge in [0.25, 0.3) is 0 Å². The molecule has 0 fully saturated rings. The lowest BCUT2D eigenvalue weighted by atomic mass is 9.91. The maximum Gasteiger partial charge on any atom is 0.0494 e. The topological polar surface area (TPSA) is 17.0 Å². The van der Waals surface area contributed by atoms with Crippen LogP contribution in [0.3, 0.4) is 0 Å². The van der Waals surface area contributed by atoms with E-state index in [9.17, 15) is 0 Å². The smallest absolute Gasteiger partial charge is 0.0494 e. The zero-order valence-corrected chi connectivity index (χ0v) is 13.4. The number of aryl methyl sites for hydroxylation is 1. The molecule has 19 heavy (non-hydrogen) atoms. The number of hydrogen-bond donors (Lipinski definition) is 1. The molecule has 102 valence electrons. The number of nitrogens with one attached hydrogen (secondary N) is 1. The fourth-order valence-electron chi connectivity index (χ4n) is 3.36. The minimum atomic E-state index is 0.565. The first-order valence-electron chi connectivity index (χ1n) is 7.08. The van der Waals surface area contributed by atoms with Crippen LogP contribution in [0.15, 0.2) is 22.7 Å². The molecule has 1 aliphatic rings. The van der Waals surface area contributed by atoms with Gasteiger partial charge in [-0.3, -0.25) is 0 Å². The van der Waals surface area contributed by atoms with Gasteiger partial charge in [0.15, 0.2) is 0 Å². The molecule has 1 aromatic heterocycles. The molecule has 2 nitrogen and oxygen atoms in total. The number of fused-ring (bicyclic) bond motifs is 3. The van der Waals surface area contributed by atoms with Gasteiger partial charge in [-0.2, -0.15) is 0 Å². The Kier molecular flexibility index (Phi) is 3.44. The predicted molar refractivity (Wildman–Crippen MR) is 84.7 cm³/mol. The van der Waals surface area contributed by atoms with Crippen LogP contribution in [0.1, 0.15) is 31.5 Å². The summed E-state index contributed by atoms with van der Waals surface area (Å²) in [5, 5.41) is 5.12. The summed E-state index contributed by atoms with van der Waals surface area (Å²) in [5.74, 6) is 0. The van der Waals surface area contributed by atoms with Gasteiger partial charge in [-0.15, -0.1) is 0 Å². The fourth-order valence-corrected chi connectivity index (χ4v) is 3.71. The normalized spacial score (nSPS) is 19.1. The zero-order valence-electron chi connectivity index (χ0n) is 11.8. The third kappa shape index (κ3) is 2.34. The molecule has 0 spiro atoms. The summed E-state index contributed by atoms with van der Waals surface area (Å²) < 4.78 is 3.54. The SMILES string of the molecule is CC(C)NC1CCc2c(c3ccc(Br)cc3n2C)C1. The highest BCUT2D eigenvalue weighted by atomic mass is 79.9. The summed E-state index contributed by atoms with van der Waals surface area (Å²) in [4.78, 5) is 0. The molecule has 3 rings (SSSR count). The monoisotopic (exact) mass is 320 g/mol. The number of aromatic nitrogens is 1. The van der Waals surface area contributed by atoms with E-state index in [1.807, 2.05) is 0 Å². The molecule has 0 aliphatic heterocycles. The molecule has 0 amide bonds. The Morgan fingerprint density at radius 1 is 1.37 bits per heavy atom. The second-order valence-corrected chi connectivity index (χ2v) is 6.82. The second kappa shape index (κ2) is 4.95. The molecular weight excluding hydrogens is 300 g/mol. The molecule has 0 saturated heterocycles. The van der Waals surface area contributed by atoms with Crippen LogP contribution in [0.2, 0.25) is 0 Å². The van der Waals surface area contributed by atoms with E-state index in [1.165, 1.54) is 29.4 Å². The van der Waals surface area contributed by atoms with Crippen molar-refractivity contribution in [3.8, 4) is 0 Å². The van der Waals surface area contributed by atoms with Crippen molar-refractivity contribution in [1.29, 1.82) is 0 Å². The number of benzene rings is 1. The highest BCUT2D eigenvalue weighted by Crippen LogP contribution is 2.33. The second-order valence-electron chi connectivity index (χ2n) is 5.91. The number of rotatable bonds is 2. The van der Waals surface area contributed by atoms with Crippen LogP contribution in [-0.4, -0.2) is 16.7 Å². The van der Waals surface area contributed by atoms with Gasteiger partial charge in [-0.25, -0.2) is 0 Å². The lowest BCUT2D eigenvalue weighted by molar-refractivity contribution is 0.418. The molecule has 3 heteroatoms. The summed E-state index contributed by atoms with van der Waals surface area (Å²) in [6.07, 6.45) is 3.59. The predicted octanol–water partition coefficient (Wildman–Crippen LogP) is 3.80. The summed E-state index contributed by atoms with van der Waals surface area (Å²) in [5.41, 5.74) is 4.42. The molecule has 1 aromatic carbocycles. The Balaban J connectivity index is 2.04. The van der Waals surface area contributed by atoms with Crippen molar-refractivity contribution in [1.82, 2.24) is 9.88 Å². The molecule has 0 radical (unpaired) electrons. The summed E-state index contributed by atoms with van der Waals surface area (Å²) in [7, 11) is 2.20. The molecule has 2 aromatic rings. The van der Waals surface area contributed by atoms with Crippen LogP contribution in [0.4, 0.5) is 0 Å². The minimum absolute atomic E-state index is 0.565. The quantitative estimate of drug-likeness (QED) is 0.890. The fraction of sp³-hybridized carbons (Fsp3) is 0.500. The maximum atomic E-state index is 3.69. The first-order valence-corrected chi connectivity index (χ1v) is 7.87. The lowest BCUT2D eigenvalue weighted by Gasteiger charge is -2.26. The first-order chi connectivity index (χ1) is 9.06.